The standard InChI is InChI=1S/C18H20ClNO4S/c1-10-7-11(2)13(4)18(12(10)3)25(21,22)20-15-9-17-16(8-14(15)19)23-5-6-24-17/h7-9,20H,5-6H2,1-4H3. The molecular weight excluding hydrogens is 362 g/mol. The van der Waals surface area contributed by atoms with Crippen LogP contribution in [0.25, 0.3) is 0 Å². The van der Waals surface area contributed by atoms with Crippen LogP contribution in [0.1, 0.15) is 22.3 Å². The number of benzene rings is 2. The van der Waals surface area contributed by atoms with Crippen molar-refractivity contribution >= 4 is 27.3 Å². The number of halogens is 1. The van der Waals surface area contributed by atoms with Crippen molar-refractivity contribution in [1.29, 1.82) is 0 Å². The van der Waals surface area contributed by atoms with Crippen LogP contribution in [0.3, 0.4) is 0 Å². The predicted molar refractivity (Wildman–Crippen MR) is 98.6 cm³/mol. The van der Waals surface area contributed by atoms with Gasteiger partial charge < -0.3 is 9.47 Å². The van der Waals surface area contributed by atoms with Crippen molar-refractivity contribution in [3.8, 4) is 11.5 Å². The van der Waals surface area contributed by atoms with Crippen LogP contribution in [0.15, 0.2) is 23.1 Å². The first-order valence-corrected chi connectivity index (χ1v) is 9.76. The average molecular weight is 382 g/mol. The Morgan fingerprint density at radius 2 is 1.44 bits per heavy atom. The molecule has 0 amide bonds. The molecule has 25 heavy (non-hydrogen) atoms. The van der Waals surface area contributed by atoms with E-state index in [9.17, 15) is 8.42 Å². The second-order valence-corrected chi connectivity index (χ2v) is 8.20. The lowest BCUT2D eigenvalue weighted by atomic mass is 10.0. The van der Waals surface area contributed by atoms with Crippen molar-refractivity contribution < 1.29 is 17.9 Å². The molecule has 2 aromatic rings. The molecule has 0 aliphatic carbocycles. The van der Waals surface area contributed by atoms with Gasteiger partial charge in [0.25, 0.3) is 10.0 Å². The molecule has 0 unspecified atom stereocenters. The Morgan fingerprint density at radius 1 is 0.920 bits per heavy atom. The quantitative estimate of drug-likeness (QED) is 0.867. The van der Waals surface area contributed by atoms with Gasteiger partial charge in [0, 0.05) is 12.1 Å². The Morgan fingerprint density at radius 3 is 2.00 bits per heavy atom. The molecule has 1 N–H and O–H groups in total. The summed E-state index contributed by atoms with van der Waals surface area (Å²) in [6.45, 7) is 8.27. The third-order valence-corrected chi connectivity index (χ3v) is 6.39. The van der Waals surface area contributed by atoms with Gasteiger partial charge in [-0.1, -0.05) is 17.7 Å². The second kappa shape index (κ2) is 6.42. The Hall–Kier alpha value is -1.92. The number of fused-ring (bicyclic) bond motifs is 1. The van der Waals surface area contributed by atoms with E-state index in [2.05, 4.69) is 4.72 Å². The fourth-order valence-electron chi connectivity index (χ4n) is 2.92. The van der Waals surface area contributed by atoms with Crippen molar-refractivity contribution in [2.75, 3.05) is 17.9 Å². The maximum absolute atomic E-state index is 13.0. The first-order chi connectivity index (χ1) is 11.7. The maximum Gasteiger partial charge on any atom is 0.262 e. The number of aryl methyl sites for hydroxylation is 2. The zero-order chi connectivity index (χ0) is 18.4. The van der Waals surface area contributed by atoms with Crippen molar-refractivity contribution in [1.82, 2.24) is 0 Å². The Kier molecular flexibility index (Phi) is 4.60. The molecule has 2 aromatic carbocycles. The first-order valence-electron chi connectivity index (χ1n) is 7.90. The van der Waals surface area contributed by atoms with Crippen molar-refractivity contribution in [2.45, 2.75) is 32.6 Å². The minimum absolute atomic E-state index is 0.257. The van der Waals surface area contributed by atoms with Crippen molar-refractivity contribution in [3.05, 3.63) is 45.5 Å². The van der Waals surface area contributed by atoms with E-state index in [-0.39, 0.29) is 15.6 Å². The zero-order valence-electron chi connectivity index (χ0n) is 14.6. The summed E-state index contributed by atoms with van der Waals surface area (Å²) in [5, 5.41) is 0.257. The van der Waals surface area contributed by atoms with E-state index in [4.69, 9.17) is 21.1 Å². The van der Waals surface area contributed by atoms with Gasteiger partial charge in [-0.25, -0.2) is 8.42 Å². The normalized spacial score (nSPS) is 13.6. The molecule has 5 nitrogen and oxygen atoms in total. The van der Waals surface area contributed by atoms with Gasteiger partial charge in [0.15, 0.2) is 11.5 Å². The van der Waals surface area contributed by atoms with Gasteiger partial charge in [0.2, 0.25) is 0 Å². The molecule has 7 heteroatoms. The van der Waals surface area contributed by atoms with Crippen LogP contribution < -0.4 is 14.2 Å². The highest BCUT2D eigenvalue weighted by Crippen LogP contribution is 2.39. The monoisotopic (exact) mass is 381 g/mol. The largest absolute Gasteiger partial charge is 0.486 e. The minimum Gasteiger partial charge on any atom is -0.486 e. The number of anilines is 1. The molecule has 0 radical (unpaired) electrons. The van der Waals surface area contributed by atoms with Gasteiger partial charge in [0.1, 0.15) is 13.2 Å². The summed E-state index contributed by atoms with van der Waals surface area (Å²) in [5.41, 5.74) is 3.57. The van der Waals surface area contributed by atoms with Crippen molar-refractivity contribution in [2.24, 2.45) is 0 Å². The Labute approximate surface area is 153 Å². The Bertz CT molecular complexity index is 928. The summed E-state index contributed by atoms with van der Waals surface area (Å²) in [6.07, 6.45) is 0. The summed E-state index contributed by atoms with van der Waals surface area (Å²) in [4.78, 5) is 0.288. The van der Waals surface area contributed by atoms with E-state index < -0.39 is 10.0 Å². The van der Waals surface area contributed by atoms with E-state index in [1.54, 1.807) is 12.1 Å². The number of rotatable bonds is 3. The van der Waals surface area contributed by atoms with Crippen LogP contribution in [-0.4, -0.2) is 21.6 Å². The fourth-order valence-corrected chi connectivity index (χ4v) is 4.87. The van der Waals surface area contributed by atoms with Crippen LogP contribution in [0.2, 0.25) is 5.02 Å². The summed E-state index contributed by atoms with van der Waals surface area (Å²) in [7, 11) is -3.80. The number of hydrogen-bond donors (Lipinski definition) is 1. The molecule has 1 aliphatic heterocycles. The van der Waals surface area contributed by atoms with E-state index in [1.165, 1.54) is 0 Å². The van der Waals surface area contributed by atoms with Crippen LogP contribution in [0, 0.1) is 27.7 Å². The molecule has 1 heterocycles. The smallest absolute Gasteiger partial charge is 0.262 e. The van der Waals surface area contributed by atoms with Gasteiger partial charge in [-0.05, 0) is 49.9 Å². The van der Waals surface area contributed by atoms with Crippen LogP contribution in [0.5, 0.6) is 11.5 Å². The summed E-state index contributed by atoms with van der Waals surface area (Å²) in [5.74, 6) is 0.986. The summed E-state index contributed by atoms with van der Waals surface area (Å²) >= 11 is 6.23. The molecule has 0 spiro atoms. The van der Waals surface area contributed by atoms with Gasteiger partial charge >= 0.3 is 0 Å². The van der Waals surface area contributed by atoms with Crippen molar-refractivity contribution in [3.63, 3.8) is 0 Å². The van der Waals surface area contributed by atoms with Crippen LogP contribution in [0.4, 0.5) is 5.69 Å². The molecule has 0 aromatic heterocycles. The third-order valence-electron chi connectivity index (χ3n) is 4.44. The first kappa shape index (κ1) is 17.9. The number of sulfonamides is 1. The molecular formula is C18H20ClNO4S. The van der Waals surface area contributed by atoms with Crippen LogP contribution >= 0.6 is 11.6 Å². The molecule has 0 bridgehead atoms. The highest BCUT2D eigenvalue weighted by Gasteiger charge is 2.24. The third kappa shape index (κ3) is 3.28. The minimum atomic E-state index is -3.80. The van der Waals surface area contributed by atoms with E-state index in [0.29, 0.717) is 24.7 Å². The molecule has 0 atom stereocenters. The Balaban J connectivity index is 2.07. The highest BCUT2D eigenvalue weighted by molar-refractivity contribution is 7.92. The average Bonchev–Trinajstić information content (AvgIpc) is 2.53. The van der Waals surface area contributed by atoms with Crippen LogP contribution in [-0.2, 0) is 10.0 Å². The lowest BCUT2D eigenvalue weighted by Crippen LogP contribution is -2.19. The lowest BCUT2D eigenvalue weighted by Gasteiger charge is -2.21. The molecule has 0 saturated heterocycles. The fraction of sp³-hybridized carbons (Fsp3) is 0.333. The van der Waals surface area contributed by atoms with Gasteiger partial charge in [-0.3, -0.25) is 4.72 Å². The number of nitrogens with one attached hydrogen (secondary N) is 1. The molecule has 0 fully saturated rings. The second-order valence-electron chi connectivity index (χ2n) is 6.17. The number of ether oxygens (including phenoxy) is 2. The zero-order valence-corrected chi connectivity index (χ0v) is 16.1. The molecule has 134 valence electrons. The van der Waals surface area contributed by atoms with E-state index in [0.717, 1.165) is 22.3 Å². The molecule has 0 saturated carbocycles. The predicted octanol–water partition coefficient (Wildman–Crippen LogP) is 4.15. The van der Waals surface area contributed by atoms with Gasteiger partial charge in [-0.15, -0.1) is 0 Å². The topological polar surface area (TPSA) is 64.6 Å². The maximum atomic E-state index is 13.0. The molecule has 1 aliphatic rings. The SMILES string of the molecule is Cc1cc(C)c(C)c(S(=O)(=O)Nc2cc3c(cc2Cl)OCCO3)c1C. The van der Waals surface area contributed by atoms with Gasteiger partial charge in [0.05, 0.1) is 15.6 Å². The lowest BCUT2D eigenvalue weighted by molar-refractivity contribution is 0.171. The number of hydrogen-bond acceptors (Lipinski definition) is 4. The van der Waals surface area contributed by atoms with E-state index >= 15 is 0 Å². The summed E-state index contributed by atoms with van der Waals surface area (Å²) < 4.78 is 39.6. The van der Waals surface area contributed by atoms with Gasteiger partial charge in [-0.2, -0.15) is 0 Å². The highest BCUT2D eigenvalue weighted by atomic mass is 35.5. The van der Waals surface area contributed by atoms with E-state index in [1.807, 2.05) is 33.8 Å². The summed E-state index contributed by atoms with van der Waals surface area (Å²) in [6, 6.07) is 5.11. The molecule has 3 rings (SSSR count).